The van der Waals surface area contributed by atoms with Crippen molar-refractivity contribution >= 4 is 42.3 Å². The second-order valence-corrected chi connectivity index (χ2v) is 16.7. The van der Waals surface area contributed by atoms with E-state index in [1.54, 1.807) is 0 Å². The first kappa shape index (κ1) is 34.6. The highest BCUT2D eigenvalue weighted by Crippen LogP contribution is 2.57. The van der Waals surface area contributed by atoms with Crippen molar-refractivity contribution in [3.05, 3.63) is 241 Å². The lowest BCUT2D eigenvalue weighted by molar-refractivity contribution is 0.769. The molecule has 60 heavy (non-hydrogen) atoms. The van der Waals surface area contributed by atoms with Gasteiger partial charge in [0.25, 0.3) is 0 Å². The van der Waals surface area contributed by atoms with Gasteiger partial charge in [0.15, 0.2) is 5.82 Å². The Hall–Kier alpha value is -7.46. The molecule has 11 aromatic rings. The summed E-state index contributed by atoms with van der Waals surface area (Å²) < 4.78 is 2.55. The highest BCUT2D eigenvalue weighted by molar-refractivity contribution is 7.25. The van der Waals surface area contributed by atoms with Crippen molar-refractivity contribution < 1.29 is 0 Å². The van der Waals surface area contributed by atoms with Gasteiger partial charge < -0.3 is 0 Å². The van der Waals surface area contributed by atoms with Crippen LogP contribution in [0, 0.1) is 0 Å². The number of aromatic nitrogens is 2. The molecule has 9 aromatic carbocycles. The van der Waals surface area contributed by atoms with Gasteiger partial charge in [-0.1, -0.05) is 194 Å². The summed E-state index contributed by atoms with van der Waals surface area (Å²) in [6.07, 6.45) is 0. The molecule has 0 atom stereocenters. The SMILES string of the molecule is c1ccc(-c2nc(-c3ccc4c(c3)sc3ccccc34)cc(-c3ccc(-c4ccc5c(c4)C(c4ccccc4)(c4ccccc4)c4ccccc4-5)c4ccccc34)n2)cc1. The lowest BCUT2D eigenvalue weighted by Gasteiger charge is -2.34. The molecule has 1 aliphatic rings. The summed E-state index contributed by atoms with van der Waals surface area (Å²) in [6, 6.07) is 79.3. The van der Waals surface area contributed by atoms with Gasteiger partial charge in [0, 0.05) is 36.9 Å². The average Bonchev–Trinajstić information content (AvgIpc) is 3.85. The Morgan fingerprint density at radius 1 is 0.317 bits per heavy atom. The predicted molar refractivity (Wildman–Crippen MR) is 251 cm³/mol. The van der Waals surface area contributed by atoms with E-state index in [2.05, 4.69) is 212 Å². The molecule has 0 radical (unpaired) electrons. The lowest BCUT2D eigenvalue weighted by atomic mass is 9.67. The molecule has 3 heteroatoms. The Morgan fingerprint density at radius 3 is 1.63 bits per heavy atom. The van der Waals surface area contributed by atoms with Gasteiger partial charge in [-0.25, -0.2) is 9.97 Å². The lowest BCUT2D eigenvalue weighted by Crippen LogP contribution is -2.28. The Labute approximate surface area is 352 Å². The minimum Gasteiger partial charge on any atom is -0.228 e. The molecule has 1 aliphatic carbocycles. The molecule has 0 aliphatic heterocycles. The van der Waals surface area contributed by atoms with Crippen molar-refractivity contribution in [2.45, 2.75) is 5.41 Å². The maximum atomic E-state index is 5.30. The van der Waals surface area contributed by atoms with Gasteiger partial charge in [0.05, 0.1) is 16.8 Å². The summed E-state index contributed by atoms with van der Waals surface area (Å²) in [6.45, 7) is 0. The van der Waals surface area contributed by atoms with Crippen LogP contribution >= 0.6 is 11.3 Å². The van der Waals surface area contributed by atoms with Gasteiger partial charge in [-0.05, 0) is 79.5 Å². The van der Waals surface area contributed by atoms with Gasteiger partial charge in [0.1, 0.15) is 0 Å². The highest BCUT2D eigenvalue weighted by atomic mass is 32.1. The van der Waals surface area contributed by atoms with E-state index in [4.69, 9.17) is 9.97 Å². The molecule has 0 bridgehead atoms. The number of benzene rings is 9. The minimum absolute atomic E-state index is 0.468. The van der Waals surface area contributed by atoms with Crippen molar-refractivity contribution in [3.8, 4) is 56.2 Å². The Balaban J connectivity index is 1.04. The normalized spacial score (nSPS) is 12.8. The highest BCUT2D eigenvalue weighted by Gasteiger charge is 2.46. The van der Waals surface area contributed by atoms with E-state index in [9.17, 15) is 0 Å². The smallest absolute Gasteiger partial charge is 0.160 e. The molecule has 0 N–H and O–H groups in total. The quantitative estimate of drug-likeness (QED) is 0.168. The fourth-order valence-corrected chi connectivity index (χ4v) is 10.9. The second-order valence-electron chi connectivity index (χ2n) is 15.6. The topological polar surface area (TPSA) is 25.8 Å². The Bertz CT molecular complexity index is 3380. The predicted octanol–water partition coefficient (Wildman–Crippen LogP) is 15.0. The van der Waals surface area contributed by atoms with Crippen LogP contribution < -0.4 is 0 Å². The summed E-state index contributed by atoms with van der Waals surface area (Å²) in [5.41, 5.74) is 14.6. The molecule has 2 nitrogen and oxygen atoms in total. The van der Waals surface area contributed by atoms with Crippen molar-refractivity contribution in [3.63, 3.8) is 0 Å². The first-order chi connectivity index (χ1) is 29.7. The molecule has 12 rings (SSSR count). The first-order valence-electron chi connectivity index (χ1n) is 20.5. The van der Waals surface area contributed by atoms with Crippen LogP contribution in [0.15, 0.2) is 218 Å². The van der Waals surface area contributed by atoms with Gasteiger partial charge in [-0.3, -0.25) is 0 Å². The van der Waals surface area contributed by atoms with Crippen LogP contribution in [0.4, 0.5) is 0 Å². The van der Waals surface area contributed by atoms with Crippen molar-refractivity contribution in [2.24, 2.45) is 0 Å². The van der Waals surface area contributed by atoms with Crippen LogP contribution in [0.2, 0.25) is 0 Å². The molecule has 0 spiro atoms. The summed E-state index contributed by atoms with van der Waals surface area (Å²) >= 11 is 1.83. The molecule has 2 aromatic heterocycles. The number of nitrogens with zero attached hydrogens (tertiary/aromatic N) is 2. The van der Waals surface area contributed by atoms with Crippen molar-refractivity contribution in [1.82, 2.24) is 9.97 Å². The van der Waals surface area contributed by atoms with Crippen LogP contribution in [0.1, 0.15) is 22.3 Å². The van der Waals surface area contributed by atoms with Gasteiger partial charge in [-0.2, -0.15) is 0 Å². The average molecular weight is 781 g/mol. The number of hydrogen-bond acceptors (Lipinski definition) is 3. The van der Waals surface area contributed by atoms with E-state index in [0.29, 0.717) is 5.82 Å². The standard InChI is InChI=1S/C57H36N2S/c1-4-16-37(17-5-1)56-58-52(39-29-31-49-48-25-13-15-27-54(48)60-55(49)35-39)36-53(59-56)47-33-32-42(43-22-10-11-23-44(43)47)38-28-30-46-45-24-12-14-26-50(45)57(51(46)34-38,40-18-6-2-7-19-40)41-20-8-3-9-21-41/h1-36H. The number of rotatable bonds is 6. The number of fused-ring (bicyclic) bond motifs is 7. The van der Waals surface area contributed by atoms with Crippen LogP contribution in [0.5, 0.6) is 0 Å². The summed E-state index contributed by atoms with van der Waals surface area (Å²) in [5, 5.41) is 4.91. The summed E-state index contributed by atoms with van der Waals surface area (Å²) in [5.74, 6) is 0.712. The third kappa shape index (κ3) is 5.33. The zero-order chi connectivity index (χ0) is 39.6. The largest absolute Gasteiger partial charge is 0.228 e. The van der Waals surface area contributed by atoms with Crippen molar-refractivity contribution in [1.29, 1.82) is 0 Å². The van der Waals surface area contributed by atoms with Crippen LogP contribution in [0.3, 0.4) is 0 Å². The monoisotopic (exact) mass is 780 g/mol. The third-order valence-electron chi connectivity index (χ3n) is 12.4. The maximum Gasteiger partial charge on any atom is 0.160 e. The molecule has 2 heterocycles. The zero-order valence-electron chi connectivity index (χ0n) is 32.6. The summed E-state index contributed by atoms with van der Waals surface area (Å²) in [7, 11) is 0. The molecule has 0 unspecified atom stereocenters. The maximum absolute atomic E-state index is 5.30. The number of thiophene rings is 1. The van der Waals surface area contributed by atoms with Crippen molar-refractivity contribution in [2.75, 3.05) is 0 Å². The van der Waals surface area contributed by atoms with Gasteiger partial charge in [0.2, 0.25) is 0 Å². The van der Waals surface area contributed by atoms with E-state index < -0.39 is 5.41 Å². The van der Waals surface area contributed by atoms with E-state index in [0.717, 1.165) is 33.5 Å². The molecular weight excluding hydrogens is 745 g/mol. The van der Waals surface area contributed by atoms with Crippen LogP contribution in [-0.4, -0.2) is 9.97 Å². The Kier molecular flexibility index (Phi) is 7.97. The minimum atomic E-state index is -0.468. The first-order valence-corrected chi connectivity index (χ1v) is 21.3. The van der Waals surface area contributed by atoms with E-state index in [1.165, 1.54) is 70.1 Å². The van der Waals surface area contributed by atoms with Crippen LogP contribution in [0.25, 0.3) is 87.1 Å². The fourth-order valence-electron chi connectivity index (χ4n) is 9.72. The van der Waals surface area contributed by atoms with E-state index >= 15 is 0 Å². The molecular formula is C57H36N2S. The third-order valence-corrected chi connectivity index (χ3v) is 13.5. The molecule has 0 saturated carbocycles. The van der Waals surface area contributed by atoms with E-state index in [1.807, 2.05) is 17.4 Å². The molecule has 0 saturated heterocycles. The molecule has 0 fully saturated rings. The number of hydrogen-bond donors (Lipinski definition) is 0. The fraction of sp³-hybridized carbons (Fsp3) is 0.0175. The van der Waals surface area contributed by atoms with E-state index in [-0.39, 0.29) is 0 Å². The Morgan fingerprint density at radius 2 is 0.867 bits per heavy atom. The molecule has 0 amide bonds. The van der Waals surface area contributed by atoms with Gasteiger partial charge in [-0.15, -0.1) is 11.3 Å². The molecule has 280 valence electrons. The van der Waals surface area contributed by atoms with Gasteiger partial charge >= 0.3 is 0 Å². The second kappa shape index (κ2) is 13.8. The summed E-state index contributed by atoms with van der Waals surface area (Å²) in [4.78, 5) is 10.5. The van der Waals surface area contributed by atoms with Crippen LogP contribution in [-0.2, 0) is 5.41 Å². The zero-order valence-corrected chi connectivity index (χ0v) is 33.4.